The van der Waals surface area contributed by atoms with Crippen LogP contribution < -0.4 is 5.32 Å². The summed E-state index contributed by atoms with van der Waals surface area (Å²) < 4.78 is 0. The van der Waals surface area contributed by atoms with Crippen LogP contribution in [-0.2, 0) is 0 Å². The van der Waals surface area contributed by atoms with E-state index in [1.165, 1.54) is 12.8 Å². The normalized spacial score (nSPS) is 33.0. The molecule has 3 heteroatoms. The molecule has 0 spiro atoms. The van der Waals surface area contributed by atoms with Crippen LogP contribution in [-0.4, -0.2) is 24.3 Å². The molecule has 0 amide bonds. The van der Waals surface area contributed by atoms with Gasteiger partial charge in [0.1, 0.15) is 0 Å². The van der Waals surface area contributed by atoms with Crippen molar-refractivity contribution in [2.45, 2.75) is 25.8 Å². The van der Waals surface area contributed by atoms with Crippen LogP contribution in [0.2, 0.25) is 0 Å². The lowest BCUT2D eigenvalue weighted by atomic mass is 9.93. The molecule has 1 aliphatic heterocycles. The van der Waals surface area contributed by atoms with Crippen LogP contribution in [0.4, 0.5) is 0 Å². The van der Waals surface area contributed by atoms with Crippen molar-refractivity contribution in [3.05, 3.63) is 0 Å². The molecule has 0 saturated carbocycles. The Kier molecular flexibility index (Phi) is 5.04. The number of piperidine rings is 1. The molecule has 1 aliphatic rings. The van der Waals surface area contributed by atoms with Crippen LogP contribution in [0, 0.1) is 5.92 Å². The van der Waals surface area contributed by atoms with Crippen LogP contribution in [0.3, 0.4) is 0 Å². The molecular weight excluding hydrogens is 150 g/mol. The van der Waals surface area contributed by atoms with E-state index in [2.05, 4.69) is 12.2 Å². The fourth-order valence-corrected chi connectivity index (χ4v) is 1.36. The Bertz CT molecular complexity index is 89.7. The Morgan fingerprint density at radius 1 is 1.60 bits per heavy atom. The molecule has 0 aromatic heterocycles. The fourth-order valence-electron chi connectivity index (χ4n) is 1.36. The maximum absolute atomic E-state index is 8.82. The Labute approximate surface area is 68.4 Å². The predicted octanol–water partition coefficient (Wildman–Crippen LogP) is 0.789. The third-order valence-electron chi connectivity index (χ3n) is 2.16. The highest BCUT2D eigenvalue weighted by atomic mass is 35.5. The summed E-state index contributed by atoms with van der Waals surface area (Å²) in [6.07, 6.45) is 2.40. The summed E-state index contributed by atoms with van der Waals surface area (Å²) in [4.78, 5) is 0. The van der Waals surface area contributed by atoms with Gasteiger partial charge in [-0.3, -0.25) is 0 Å². The maximum Gasteiger partial charge on any atom is 0.0474 e. The molecular formula is C7H16ClNO. The van der Waals surface area contributed by atoms with Gasteiger partial charge in [0.25, 0.3) is 0 Å². The van der Waals surface area contributed by atoms with Crippen molar-refractivity contribution in [1.82, 2.24) is 5.32 Å². The molecule has 0 aromatic rings. The number of hydrogen-bond donors (Lipinski definition) is 2. The second-order valence-electron chi connectivity index (χ2n) is 2.83. The highest BCUT2D eigenvalue weighted by molar-refractivity contribution is 5.85. The molecule has 2 nitrogen and oxygen atoms in total. The summed E-state index contributed by atoms with van der Waals surface area (Å²) in [5, 5.41) is 12.1. The van der Waals surface area contributed by atoms with Gasteiger partial charge >= 0.3 is 0 Å². The minimum atomic E-state index is 0. The standard InChI is InChI=1S/C7H15NO.ClH/c1-6-7(5-9)3-2-4-8-6;/h6-9H,2-5H2,1H3;1H/t6-,7+;/m1./s1. The Morgan fingerprint density at radius 2 is 2.30 bits per heavy atom. The number of aliphatic hydroxyl groups excluding tert-OH is 1. The summed E-state index contributed by atoms with van der Waals surface area (Å²) in [7, 11) is 0. The highest BCUT2D eigenvalue weighted by Gasteiger charge is 2.18. The van der Waals surface area contributed by atoms with E-state index < -0.39 is 0 Å². The first-order valence-electron chi connectivity index (χ1n) is 3.69. The minimum Gasteiger partial charge on any atom is -0.396 e. The maximum atomic E-state index is 8.82. The van der Waals surface area contributed by atoms with E-state index in [4.69, 9.17) is 5.11 Å². The van der Waals surface area contributed by atoms with Gasteiger partial charge in [-0.1, -0.05) is 0 Å². The average molecular weight is 166 g/mol. The van der Waals surface area contributed by atoms with E-state index in [1.807, 2.05) is 0 Å². The second-order valence-corrected chi connectivity index (χ2v) is 2.83. The molecule has 0 unspecified atom stereocenters. The number of rotatable bonds is 1. The molecule has 62 valence electrons. The van der Waals surface area contributed by atoms with E-state index in [-0.39, 0.29) is 12.4 Å². The van der Waals surface area contributed by atoms with Crippen molar-refractivity contribution >= 4 is 12.4 Å². The Morgan fingerprint density at radius 3 is 2.70 bits per heavy atom. The van der Waals surface area contributed by atoms with Gasteiger partial charge < -0.3 is 10.4 Å². The molecule has 0 aliphatic carbocycles. The molecule has 10 heavy (non-hydrogen) atoms. The fraction of sp³-hybridized carbons (Fsp3) is 1.00. The molecule has 1 saturated heterocycles. The van der Waals surface area contributed by atoms with Crippen molar-refractivity contribution in [3.8, 4) is 0 Å². The van der Waals surface area contributed by atoms with E-state index >= 15 is 0 Å². The molecule has 0 radical (unpaired) electrons. The Balaban J connectivity index is 0.000000810. The van der Waals surface area contributed by atoms with Gasteiger partial charge in [0.05, 0.1) is 0 Å². The molecule has 2 atom stereocenters. The zero-order valence-electron chi connectivity index (χ0n) is 6.34. The minimum absolute atomic E-state index is 0. The molecule has 0 aromatic carbocycles. The zero-order chi connectivity index (χ0) is 6.69. The van der Waals surface area contributed by atoms with E-state index in [0.29, 0.717) is 18.6 Å². The first-order chi connectivity index (χ1) is 4.34. The average Bonchev–Trinajstić information content (AvgIpc) is 1.89. The lowest BCUT2D eigenvalue weighted by molar-refractivity contribution is 0.167. The van der Waals surface area contributed by atoms with Gasteiger partial charge in [0.2, 0.25) is 0 Å². The van der Waals surface area contributed by atoms with E-state index in [1.54, 1.807) is 0 Å². The molecule has 1 heterocycles. The third kappa shape index (κ3) is 2.45. The van der Waals surface area contributed by atoms with E-state index in [0.717, 1.165) is 6.54 Å². The van der Waals surface area contributed by atoms with Crippen LogP contribution in [0.15, 0.2) is 0 Å². The van der Waals surface area contributed by atoms with Crippen LogP contribution in [0.1, 0.15) is 19.8 Å². The number of hydrogen-bond acceptors (Lipinski definition) is 2. The van der Waals surface area contributed by atoms with E-state index in [9.17, 15) is 0 Å². The number of aliphatic hydroxyl groups is 1. The SMILES string of the molecule is C[C@H]1NCCC[C@H]1CO.Cl. The lowest BCUT2D eigenvalue weighted by Crippen LogP contribution is -2.40. The number of nitrogens with one attached hydrogen (secondary N) is 1. The summed E-state index contributed by atoms with van der Waals surface area (Å²) in [5.41, 5.74) is 0. The van der Waals surface area contributed by atoms with Gasteiger partial charge in [-0.25, -0.2) is 0 Å². The summed E-state index contributed by atoms with van der Waals surface area (Å²) >= 11 is 0. The van der Waals surface area contributed by atoms with Crippen molar-refractivity contribution in [2.24, 2.45) is 5.92 Å². The molecule has 2 N–H and O–H groups in total. The first kappa shape index (κ1) is 10.2. The second kappa shape index (κ2) is 4.94. The lowest BCUT2D eigenvalue weighted by Gasteiger charge is -2.27. The molecule has 0 bridgehead atoms. The van der Waals surface area contributed by atoms with Crippen LogP contribution >= 0.6 is 12.4 Å². The molecule has 1 rings (SSSR count). The topological polar surface area (TPSA) is 32.3 Å². The smallest absolute Gasteiger partial charge is 0.0474 e. The van der Waals surface area contributed by atoms with Gasteiger partial charge in [-0.2, -0.15) is 0 Å². The number of halogens is 1. The van der Waals surface area contributed by atoms with Gasteiger partial charge in [-0.05, 0) is 32.2 Å². The van der Waals surface area contributed by atoms with Crippen molar-refractivity contribution in [2.75, 3.05) is 13.2 Å². The molecule has 1 fully saturated rings. The van der Waals surface area contributed by atoms with Gasteiger partial charge in [-0.15, -0.1) is 12.4 Å². The zero-order valence-corrected chi connectivity index (χ0v) is 7.16. The monoisotopic (exact) mass is 165 g/mol. The summed E-state index contributed by atoms with van der Waals surface area (Å²) in [6, 6.07) is 0.517. The summed E-state index contributed by atoms with van der Waals surface area (Å²) in [5.74, 6) is 0.499. The summed E-state index contributed by atoms with van der Waals surface area (Å²) in [6.45, 7) is 3.60. The third-order valence-corrected chi connectivity index (χ3v) is 2.16. The van der Waals surface area contributed by atoms with Gasteiger partial charge in [0.15, 0.2) is 0 Å². The Hall–Kier alpha value is 0.210. The first-order valence-corrected chi connectivity index (χ1v) is 3.69. The largest absolute Gasteiger partial charge is 0.396 e. The van der Waals surface area contributed by atoms with Gasteiger partial charge in [0, 0.05) is 12.6 Å². The van der Waals surface area contributed by atoms with Crippen LogP contribution in [0.25, 0.3) is 0 Å². The quantitative estimate of drug-likeness (QED) is 0.602. The van der Waals surface area contributed by atoms with Crippen molar-refractivity contribution in [1.29, 1.82) is 0 Å². The van der Waals surface area contributed by atoms with Crippen molar-refractivity contribution < 1.29 is 5.11 Å². The van der Waals surface area contributed by atoms with Crippen molar-refractivity contribution in [3.63, 3.8) is 0 Å². The highest BCUT2D eigenvalue weighted by Crippen LogP contribution is 2.14. The predicted molar refractivity (Wildman–Crippen MR) is 44.5 cm³/mol. The van der Waals surface area contributed by atoms with Crippen LogP contribution in [0.5, 0.6) is 0 Å².